The summed E-state index contributed by atoms with van der Waals surface area (Å²) < 4.78 is 21.7. The molecule has 172 valence electrons. The predicted octanol–water partition coefficient (Wildman–Crippen LogP) is 3.94. The third-order valence-electron chi connectivity index (χ3n) is 4.67. The molecule has 1 N–H and O–H groups in total. The van der Waals surface area contributed by atoms with Crippen LogP contribution in [-0.4, -0.2) is 30.1 Å². The predicted molar refractivity (Wildman–Crippen MR) is 118 cm³/mol. The molecule has 0 saturated carbocycles. The van der Waals surface area contributed by atoms with E-state index in [4.69, 9.17) is 23.7 Å². The van der Waals surface area contributed by atoms with Gasteiger partial charge in [-0.1, -0.05) is 12.1 Å². The molecule has 1 aromatic heterocycles. The maximum absolute atomic E-state index is 13.1. The van der Waals surface area contributed by atoms with Crippen molar-refractivity contribution in [3.8, 4) is 28.6 Å². The number of aliphatic carboxylic acids is 1. The molecule has 33 heavy (non-hydrogen) atoms. The van der Waals surface area contributed by atoms with E-state index in [-0.39, 0.29) is 46.8 Å². The number of carbonyl (C=O) groups is 3. The third kappa shape index (κ3) is 5.76. The lowest BCUT2D eigenvalue weighted by Crippen LogP contribution is -2.16. The Kier molecular flexibility index (Phi) is 7.45. The van der Waals surface area contributed by atoms with Crippen LogP contribution in [0, 0.1) is 0 Å². The maximum atomic E-state index is 13.1. The van der Waals surface area contributed by atoms with Gasteiger partial charge in [0.1, 0.15) is 5.58 Å². The molecule has 3 aromatic rings. The second-order valence-electron chi connectivity index (χ2n) is 7.12. The minimum atomic E-state index is -0.955. The molecule has 9 heteroatoms. The Labute approximate surface area is 188 Å². The van der Waals surface area contributed by atoms with E-state index in [1.54, 1.807) is 30.3 Å². The van der Waals surface area contributed by atoms with Crippen LogP contribution in [0.25, 0.3) is 22.3 Å². The van der Waals surface area contributed by atoms with Gasteiger partial charge in [0.25, 0.3) is 0 Å². The fourth-order valence-electron chi connectivity index (χ4n) is 3.17. The summed E-state index contributed by atoms with van der Waals surface area (Å²) in [4.78, 5) is 47.7. The summed E-state index contributed by atoms with van der Waals surface area (Å²) in [5, 5.41) is 8.94. The highest BCUT2D eigenvalue weighted by molar-refractivity contribution is 5.85. The Morgan fingerprint density at radius 1 is 0.970 bits per heavy atom. The van der Waals surface area contributed by atoms with E-state index in [9.17, 15) is 19.2 Å². The first kappa shape index (κ1) is 23.5. The van der Waals surface area contributed by atoms with Crippen LogP contribution >= 0.6 is 0 Å². The van der Waals surface area contributed by atoms with Crippen LogP contribution in [0.2, 0.25) is 0 Å². The topological polar surface area (TPSA) is 129 Å². The first-order chi connectivity index (χ1) is 15.8. The van der Waals surface area contributed by atoms with Crippen LogP contribution in [-0.2, 0) is 14.4 Å². The number of methoxy groups -OCH3 is 1. The number of unbranched alkanes of at least 4 members (excludes halogenated alkanes) is 1. The summed E-state index contributed by atoms with van der Waals surface area (Å²) in [6.07, 6.45) is 0.452. The molecule has 2 aromatic carbocycles. The van der Waals surface area contributed by atoms with Crippen molar-refractivity contribution in [2.75, 3.05) is 7.11 Å². The zero-order chi connectivity index (χ0) is 24.0. The summed E-state index contributed by atoms with van der Waals surface area (Å²) in [6.45, 7) is 1.24. The number of hydrogen-bond acceptors (Lipinski definition) is 8. The molecule has 0 fully saturated rings. The molecule has 0 spiro atoms. The lowest BCUT2D eigenvalue weighted by molar-refractivity contribution is -0.138. The average Bonchev–Trinajstić information content (AvgIpc) is 2.78. The van der Waals surface area contributed by atoms with Gasteiger partial charge in [-0.05, 0) is 43.2 Å². The number of esters is 2. The van der Waals surface area contributed by atoms with Crippen molar-refractivity contribution >= 4 is 28.9 Å². The molecule has 9 nitrogen and oxygen atoms in total. The van der Waals surface area contributed by atoms with Crippen molar-refractivity contribution in [1.82, 2.24) is 0 Å². The first-order valence-electron chi connectivity index (χ1n) is 10.1. The van der Waals surface area contributed by atoms with Gasteiger partial charge in [0.15, 0.2) is 17.3 Å². The van der Waals surface area contributed by atoms with Crippen LogP contribution in [0.4, 0.5) is 0 Å². The highest BCUT2D eigenvalue weighted by atomic mass is 16.6. The number of rotatable bonds is 9. The summed E-state index contributed by atoms with van der Waals surface area (Å²) in [6, 6.07) is 11.0. The molecule has 0 bridgehead atoms. The summed E-state index contributed by atoms with van der Waals surface area (Å²) in [5.41, 5.74) is 0.0581. The molecule has 0 aliphatic rings. The van der Waals surface area contributed by atoms with Gasteiger partial charge >= 0.3 is 17.9 Å². The maximum Gasteiger partial charge on any atom is 0.311 e. The van der Waals surface area contributed by atoms with Gasteiger partial charge in [0, 0.05) is 25.3 Å². The summed E-state index contributed by atoms with van der Waals surface area (Å²) >= 11 is 0. The first-order valence-corrected chi connectivity index (χ1v) is 10.1. The number of carboxylic acids is 1. The van der Waals surface area contributed by atoms with Crippen LogP contribution in [0.3, 0.4) is 0 Å². The van der Waals surface area contributed by atoms with Crippen LogP contribution in [0.1, 0.15) is 32.6 Å². The normalized spacial score (nSPS) is 10.6. The number of hydrogen-bond donors (Lipinski definition) is 1. The molecule has 1 heterocycles. The molecule has 0 unspecified atom stereocenters. The number of carbonyl (C=O) groups excluding carboxylic acids is 2. The zero-order valence-corrected chi connectivity index (χ0v) is 18.1. The average molecular weight is 454 g/mol. The summed E-state index contributed by atoms with van der Waals surface area (Å²) in [5.74, 6) is -2.16. The fourth-order valence-corrected chi connectivity index (χ4v) is 3.17. The molecular weight excluding hydrogens is 432 g/mol. The van der Waals surface area contributed by atoms with Gasteiger partial charge in [-0.25, -0.2) is 0 Å². The molecule has 0 atom stereocenters. The van der Waals surface area contributed by atoms with Gasteiger partial charge in [-0.2, -0.15) is 0 Å². The van der Waals surface area contributed by atoms with E-state index in [1.807, 2.05) is 0 Å². The van der Waals surface area contributed by atoms with Crippen LogP contribution in [0.5, 0.6) is 17.2 Å². The molecule has 0 amide bonds. The number of para-hydroxylation sites is 1. The molecule has 0 saturated heterocycles. The lowest BCUT2D eigenvalue weighted by atomic mass is 10.1. The van der Waals surface area contributed by atoms with Crippen molar-refractivity contribution in [3.05, 3.63) is 52.7 Å². The molecule has 0 aliphatic carbocycles. The van der Waals surface area contributed by atoms with E-state index in [1.165, 1.54) is 26.2 Å². The van der Waals surface area contributed by atoms with E-state index < -0.39 is 23.3 Å². The van der Waals surface area contributed by atoms with Crippen molar-refractivity contribution in [2.24, 2.45) is 0 Å². The van der Waals surface area contributed by atoms with Gasteiger partial charge in [-0.15, -0.1) is 0 Å². The van der Waals surface area contributed by atoms with E-state index in [0.717, 1.165) is 0 Å². The quantitative estimate of drug-likeness (QED) is 0.290. The second kappa shape index (κ2) is 10.4. The standard InChI is InChI=1S/C24H22O9/c1-14(25)31-19-13-15(11-12-18(19)30-2)23-24(33-21(28)10-6-5-9-20(26)27)22(29)16-7-3-4-8-17(16)32-23/h3-4,7-8,11-13H,5-6,9-10H2,1-2H3,(H,26,27). The van der Waals surface area contributed by atoms with Gasteiger partial charge in [-0.3, -0.25) is 19.2 Å². The van der Waals surface area contributed by atoms with E-state index in [0.29, 0.717) is 18.4 Å². The Balaban J connectivity index is 2.04. The van der Waals surface area contributed by atoms with Gasteiger partial charge in [0.05, 0.1) is 12.5 Å². The minimum Gasteiger partial charge on any atom is -0.493 e. The van der Waals surface area contributed by atoms with Gasteiger partial charge in [0.2, 0.25) is 11.2 Å². The van der Waals surface area contributed by atoms with Crippen molar-refractivity contribution in [1.29, 1.82) is 0 Å². The number of fused-ring (bicyclic) bond motifs is 1. The lowest BCUT2D eigenvalue weighted by Gasteiger charge is -2.13. The molecule has 0 radical (unpaired) electrons. The van der Waals surface area contributed by atoms with Crippen molar-refractivity contribution in [3.63, 3.8) is 0 Å². The fraction of sp³-hybridized carbons (Fsp3) is 0.250. The Morgan fingerprint density at radius 3 is 2.39 bits per heavy atom. The van der Waals surface area contributed by atoms with Gasteiger partial charge < -0.3 is 23.7 Å². The van der Waals surface area contributed by atoms with Crippen molar-refractivity contribution in [2.45, 2.75) is 32.6 Å². The Morgan fingerprint density at radius 2 is 1.70 bits per heavy atom. The monoisotopic (exact) mass is 454 g/mol. The van der Waals surface area contributed by atoms with Crippen molar-refractivity contribution < 1.29 is 38.1 Å². The largest absolute Gasteiger partial charge is 0.493 e. The highest BCUT2D eigenvalue weighted by Crippen LogP contribution is 2.37. The van der Waals surface area contributed by atoms with Crippen LogP contribution in [0.15, 0.2) is 51.7 Å². The Bertz CT molecular complexity index is 1260. The second-order valence-corrected chi connectivity index (χ2v) is 7.12. The minimum absolute atomic E-state index is 0.0198. The highest BCUT2D eigenvalue weighted by Gasteiger charge is 2.22. The Hall–Kier alpha value is -4.14. The molecule has 3 rings (SSSR count). The third-order valence-corrected chi connectivity index (χ3v) is 4.67. The zero-order valence-electron chi connectivity index (χ0n) is 18.1. The molecular formula is C24H22O9. The smallest absolute Gasteiger partial charge is 0.311 e. The molecule has 0 aliphatic heterocycles. The number of carboxylic acid groups (broad SMARTS) is 1. The van der Waals surface area contributed by atoms with E-state index in [2.05, 4.69) is 0 Å². The SMILES string of the molecule is COc1ccc(-c2oc3ccccc3c(=O)c2OC(=O)CCCCC(=O)O)cc1OC(C)=O. The van der Waals surface area contributed by atoms with Crippen LogP contribution < -0.4 is 19.6 Å². The summed E-state index contributed by atoms with van der Waals surface area (Å²) in [7, 11) is 1.41. The number of ether oxygens (including phenoxy) is 3. The van der Waals surface area contributed by atoms with E-state index >= 15 is 0 Å². The number of benzene rings is 2.